The van der Waals surface area contributed by atoms with Gasteiger partial charge in [0.1, 0.15) is 0 Å². The molecule has 43 heavy (non-hydrogen) atoms. The van der Waals surface area contributed by atoms with Gasteiger partial charge in [-0.05, 0) is 111 Å². The fourth-order valence-electron chi connectivity index (χ4n) is 5.69. The molecule has 0 aromatic carbocycles. The van der Waals surface area contributed by atoms with Crippen LogP contribution in [0.15, 0.2) is 43.5 Å². The molecule has 0 atom stereocenters. The summed E-state index contributed by atoms with van der Waals surface area (Å²) in [7, 11) is 0. The van der Waals surface area contributed by atoms with Crippen molar-refractivity contribution in [3.63, 3.8) is 0 Å². The molecule has 0 radical (unpaired) electrons. The minimum atomic E-state index is -0.924. The van der Waals surface area contributed by atoms with Crippen LogP contribution in [0.3, 0.4) is 0 Å². The number of fused-ring (bicyclic) bond motifs is 6. The molecule has 8 heteroatoms. The zero-order valence-electron chi connectivity index (χ0n) is 25.4. The lowest BCUT2D eigenvalue weighted by molar-refractivity contribution is -0.138. The first kappa shape index (κ1) is 31.0. The van der Waals surface area contributed by atoms with Gasteiger partial charge in [0.2, 0.25) is 0 Å². The molecule has 0 aliphatic carbocycles. The second kappa shape index (κ2) is 12.5. The first-order valence-corrected chi connectivity index (χ1v) is 14.2. The summed E-state index contributed by atoms with van der Waals surface area (Å²) in [4.78, 5) is 35.0. The number of H-pyrrole nitrogens is 2. The predicted octanol–water partition coefficient (Wildman–Crippen LogP) is 7.11. The second-order valence-electron chi connectivity index (χ2n) is 10.9. The Morgan fingerprint density at radius 3 is 1.95 bits per heavy atom. The lowest BCUT2D eigenvalue weighted by Crippen LogP contribution is -2.08. The highest BCUT2D eigenvalue weighted by molar-refractivity contribution is 5.97. The summed E-state index contributed by atoms with van der Waals surface area (Å²) in [5, 5.41) is 28.2. The van der Waals surface area contributed by atoms with E-state index >= 15 is 0 Å². The molecule has 0 saturated carbocycles. The lowest BCUT2D eigenvalue weighted by Gasteiger charge is -2.06. The molecule has 1 aliphatic rings. The zero-order chi connectivity index (χ0) is 31.6. The van der Waals surface area contributed by atoms with Crippen molar-refractivity contribution in [2.75, 3.05) is 0 Å². The number of aromatic nitrogens is 3. The fourth-order valence-corrected chi connectivity index (χ4v) is 5.69. The highest BCUT2D eigenvalue weighted by Crippen LogP contribution is 2.33. The Balaban J connectivity index is 2.26. The van der Waals surface area contributed by atoms with Crippen LogP contribution in [0.4, 0.5) is 0 Å². The highest BCUT2D eigenvalue weighted by Gasteiger charge is 2.17. The molecule has 3 aromatic rings. The van der Waals surface area contributed by atoms with Crippen molar-refractivity contribution >= 4 is 51.2 Å². The van der Waals surface area contributed by atoms with E-state index in [1.807, 2.05) is 52.8 Å². The van der Waals surface area contributed by atoms with Crippen LogP contribution in [0.5, 0.6) is 0 Å². The number of aromatic amines is 2. The third-order valence-corrected chi connectivity index (χ3v) is 8.25. The molecule has 4 heterocycles. The number of carboxylic acid groups (broad SMARTS) is 2. The molecule has 3 aromatic heterocycles. The van der Waals surface area contributed by atoms with Gasteiger partial charge in [0.15, 0.2) is 0 Å². The number of hydrogen-bond acceptors (Lipinski definition) is 4. The van der Waals surface area contributed by atoms with Gasteiger partial charge < -0.3 is 25.6 Å². The lowest BCUT2D eigenvalue weighted by atomic mass is 9.99. The molecule has 8 nitrogen and oxygen atoms in total. The van der Waals surface area contributed by atoms with Gasteiger partial charge >= 0.3 is 11.9 Å². The minimum Gasteiger partial charge on any atom is -0.481 e. The van der Waals surface area contributed by atoms with Crippen LogP contribution in [0.1, 0.15) is 70.1 Å². The van der Waals surface area contributed by atoms with Crippen molar-refractivity contribution in [3.05, 3.63) is 99.2 Å². The van der Waals surface area contributed by atoms with Crippen molar-refractivity contribution in [3.8, 4) is 0 Å². The largest absolute Gasteiger partial charge is 0.481 e. The van der Waals surface area contributed by atoms with E-state index < -0.39 is 11.9 Å². The third kappa shape index (κ3) is 6.28. The first-order chi connectivity index (χ1) is 20.4. The summed E-state index contributed by atoms with van der Waals surface area (Å²) in [5.41, 5.74) is 12.3. The van der Waals surface area contributed by atoms with Crippen molar-refractivity contribution in [1.82, 2.24) is 15.0 Å². The summed E-state index contributed by atoms with van der Waals surface area (Å²) >= 11 is 0. The average molecular weight is 579 g/mol. The van der Waals surface area contributed by atoms with Crippen molar-refractivity contribution < 1.29 is 19.8 Å². The van der Waals surface area contributed by atoms with Crippen molar-refractivity contribution in [2.24, 2.45) is 0 Å². The Bertz CT molecular complexity index is 1940. The number of aryl methyl sites for hydroxylation is 4. The van der Waals surface area contributed by atoms with Crippen LogP contribution in [-0.4, -0.2) is 37.1 Å². The standard InChI is InChI=1S/C35H38N4O4/c1-8-23-20(5)28-15-27(36)19(4)25(10-12-34(40)41)18(3)14-31-26(11-13-35(42)43)22(7)30(38-31)17-33-24(9-2)21(6)29(39-33)16-32(23)37-28/h8-9,14-17,36-38H,1-2,10-13H2,3-7H3,(H,40,41)(H,42,43). The SMILES string of the molecule is C=CC1=C(C)c2cc3[nH]c(cc(=N)c(C)c(CCC(=O)O)c(C)cc4[nH]c(cc1n2)c(C)c4CCC(=O)O)c(C)c3C=C. The van der Waals surface area contributed by atoms with Gasteiger partial charge in [0, 0.05) is 46.0 Å². The van der Waals surface area contributed by atoms with Crippen molar-refractivity contribution in [1.29, 1.82) is 5.41 Å². The molecule has 4 rings (SSSR count). The predicted molar refractivity (Wildman–Crippen MR) is 173 cm³/mol. The maximum atomic E-state index is 11.6. The Labute approximate surface area is 250 Å². The normalized spacial score (nSPS) is 11.8. The molecule has 0 spiro atoms. The van der Waals surface area contributed by atoms with E-state index in [-0.39, 0.29) is 24.6 Å². The Kier molecular flexibility index (Phi) is 8.99. The molecule has 1 aliphatic heterocycles. The van der Waals surface area contributed by atoms with Gasteiger partial charge in [0.05, 0.1) is 16.7 Å². The third-order valence-electron chi connectivity index (χ3n) is 8.25. The van der Waals surface area contributed by atoms with Gasteiger partial charge in [0.25, 0.3) is 0 Å². The fraction of sp³-hybridized carbons (Fsp3) is 0.257. The number of carbonyl (C=O) groups is 2. The minimum absolute atomic E-state index is 0.0364. The molecular weight excluding hydrogens is 540 g/mol. The summed E-state index contributed by atoms with van der Waals surface area (Å²) in [5.74, 6) is -1.81. The van der Waals surface area contributed by atoms with Crippen LogP contribution in [0, 0.1) is 33.1 Å². The van der Waals surface area contributed by atoms with Crippen LogP contribution < -0.4 is 5.36 Å². The number of rotatable bonds is 8. The van der Waals surface area contributed by atoms with E-state index in [1.165, 1.54) is 0 Å². The van der Waals surface area contributed by atoms with Gasteiger partial charge in [-0.1, -0.05) is 25.3 Å². The van der Waals surface area contributed by atoms with E-state index in [4.69, 9.17) is 10.4 Å². The number of allylic oxidation sites excluding steroid dienone is 3. The highest BCUT2D eigenvalue weighted by atomic mass is 16.4. The molecule has 0 amide bonds. The van der Waals surface area contributed by atoms with Crippen LogP contribution >= 0.6 is 0 Å². The zero-order valence-corrected chi connectivity index (χ0v) is 25.4. The van der Waals surface area contributed by atoms with Gasteiger partial charge in [-0.2, -0.15) is 0 Å². The Morgan fingerprint density at radius 1 is 0.767 bits per heavy atom. The number of hydrogen-bond donors (Lipinski definition) is 5. The number of aliphatic carboxylic acids is 2. The summed E-state index contributed by atoms with van der Waals surface area (Å²) in [6, 6.07) is 7.62. The smallest absolute Gasteiger partial charge is 0.303 e. The summed E-state index contributed by atoms with van der Waals surface area (Å²) < 4.78 is 0. The van der Waals surface area contributed by atoms with E-state index in [1.54, 1.807) is 18.2 Å². The van der Waals surface area contributed by atoms with Crippen molar-refractivity contribution in [2.45, 2.75) is 60.3 Å². The molecular formula is C35H38N4O4. The summed E-state index contributed by atoms with van der Waals surface area (Å²) in [6.45, 7) is 17.7. The number of carboxylic acids is 2. The summed E-state index contributed by atoms with van der Waals surface area (Å²) in [6.07, 6.45) is 4.01. The maximum absolute atomic E-state index is 11.6. The molecule has 0 fully saturated rings. The van der Waals surface area contributed by atoms with E-state index in [0.29, 0.717) is 12.0 Å². The quantitative estimate of drug-likeness (QED) is 0.193. The van der Waals surface area contributed by atoms with Crippen LogP contribution in [0.25, 0.3) is 39.3 Å². The van der Waals surface area contributed by atoms with Crippen LogP contribution in [-0.2, 0) is 22.4 Å². The van der Waals surface area contributed by atoms with Gasteiger partial charge in [-0.15, -0.1) is 0 Å². The molecule has 0 unspecified atom stereocenters. The molecule has 5 N–H and O–H groups in total. The van der Waals surface area contributed by atoms with Crippen LogP contribution in [0.2, 0.25) is 0 Å². The number of nitrogens with one attached hydrogen (secondary N) is 3. The first-order valence-electron chi connectivity index (χ1n) is 14.2. The monoisotopic (exact) mass is 578 g/mol. The molecule has 6 bridgehead atoms. The topological polar surface area (TPSA) is 143 Å². The Morgan fingerprint density at radius 2 is 1.35 bits per heavy atom. The molecule has 0 saturated heterocycles. The second-order valence-corrected chi connectivity index (χ2v) is 10.9. The molecule has 222 valence electrons. The number of nitrogens with zero attached hydrogens (tertiary/aromatic N) is 1. The van der Waals surface area contributed by atoms with E-state index in [9.17, 15) is 19.8 Å². The van der Waals surface area contributed by atoms with E-state index in [2.05, 4.69) is 23.1 Å². The van der Waals surface area contributed by atoms with Gasteiger partial charge in [-0.25, -0.2) is 4.98 Å². The Hall–Kier alpha value is -4.98. The maximum Gasteiger partial charge on any atom is 0.303 e. The van der Waals surface area contributed by atoms with Gasteiger partial charge in [-0.3, -0.25) is 9.59 Å². The van der Waals surface area contributed by atoms with E-state index in [0.717, 1.165) is 78.0 Å². The average Bonchev–Trinajstić information content (AvgIpc) is 3.51.